The number of halogens is 3. The Morgan fingerprint density at radius 2 is 1.86 bits per heavy atom. The predicted molar refractivity (Wildman–Crippen MR) is 159 cm³/mol. The number of rotatable bonds is 9. The molecular formula is C28H49F3N4S2. The lowest BCUT2D eigenvalue weighted by molar-refractivity contribution is -0.134. The number of allylic oxidation sites excluding steroid dienone is 2. The zero-order valence-corrected chi connectivity index (χ0v) is 25.2. The van der Waals surface area contributed by atoms with Crippen molar-refractivity contribution in [2.75, 3.05) is 26.4 Å². The second kappa shape index (κ2) is 20.5. The molecule has 1 aliphatic carbocycles. The van der Waals surface area contributed by atoms with Gasteiger partial charge in [-0.3, -0.25) is 4.90 Å². The summed E-state index contributed by atoms with van der Waals surface area (Å²) in [5.74, 6) is 0. The molecule has 0 amide bonds. The van der Waals surface area contributed by atoms with Crippen LogP contribution in [0.15, 0.2) is 36.7 Å². The molecule has 0 saturated heterocycles. The van der Waals surface area contributed by atoms with Crippen molar-refractivity contribution in [1.29, 1.82) is 0 Å². The molecule has 214 valence electrons. The summed E-state index contributed by atoms with van der Waals surface area (Å²) in [7, 11) is 1.90. The molecule has 0 aromatic carbocycles. The largest absolute Gasteiger partial charge is 0.394 e. The molecule has 0 atom stereocenters. The summed E-state index contributed by atoms with van der Waals surface area (Å²) in [6.45, 7) is 16.7. The summed E-state index contributed by atoms with van der Waals surface area (Å²) in [4.78, 5) is 7.76. The van der Waals surface area contributed by atoms with E-state index in [0.717, 1.165) is 43.9 Å². The minimum absolute atomic E-state index is 0.0211. The van der Waals surface area contributed by atoms with E-state index in [1.807, 2.05) is 33.2 Å². The Hall–Kier alpha value is -1.45. The van der Waals surface area contributed by atoms with E-state index in [9.17, 15) is 13.2 Å². The molecular weight excluding hydrogens is 513 g/mol. The van der Waals surface area contributed by atoms with E-state index in [1.54, 1.807) is 6.26 Å². The summed E-state index contributed by atoms with van der Waals surface area (Å²) in [6.07, 6.45) is 9.18. The Balaban J connectivity index is 0.000000619. The summed E-state index contributed by atoms with van der Waals surface area (Å²) >= 11 is 4.98. The van der Waals surface area contributed by atoms with E-state index in [2.05, 4.69) is 53.2 Å². The Morgan fingerprint density at radius 3 is 2.41 bits per heavy atom. The number of thiazole rings is 1. The number of aryl methyl sites for hydroxylation is 1. The molecule has 0 bridgehead atoms. The van der Waals surface area contributed by atoms with Crippen LogP contribution in [-0.2, 0) is 19.4 Å². The van der Waals surface area contributed by atoms with E-state index in [1.165, 1.54) is 53.9 Å². The van der Waals surface area contributed by atoms with Crippen molar-refractivity contribution in [3.05, 3.63) is 52.3 Å². The fourth-order valence-corrected chi connectivity index (χ4v) is 5.20. The molecule has 2 N–H and O–H groups in total. The van der Waals surface area contributed by atoms with E-state index in [-0.39, 0.29) is 6.42 Å². The Morgan fingerprint density at radius 1 is 1.22 bits per heavy atom. The lowest BCUT2D eigenvalue weighted by Gasteiger charge is -2.25. The lowest BCUT2D eigenvalue weighted by atomic mass is 9.95. The number of aromatic nitrogens is 1. The van der Waals surface area contributed by atoms with Gasteiger partial charge in [-0.25, -0.2) is 4.98 Å². The van der Waals surface area contributed by atoms with Crippen LogP contribution in [0.3, 0.4) is 0 Å². The normalized spacial score (nSPS) is 16.0. The third-order valence-electron chi connectivity index (χ3n) is 5.94. The van der Waals surface area contributed by atoms with Gasteiger partial charge in [-0.15, -0.1) is 11.3 Å². The first-order chi connectivity index (χ1) is 17.7. The number of hydrogen-bond acceptors (Lipinski definition) is 6. The van der Waals surface area contributed by atoms with E-state index in [4.69, 9.17) is 0 Å². The molecule has 0 unspecified atom stereocenters. The molecule has 1 fully saturated rings. The minimum atomic E-state index is -4.08. The van der Waals surface area contributed by atoms with Crippen molar-refractivity contribution in [3.63, 3.8) is 0 Å². The molecule has 1 aliphatic heterocycles. The minimum Gasteiger partial charge on any atom is -0.394 e. The van der Waals surface area contributed by atoms with Crippen molar-refractivity contribution in [3.8, 4) is 0 Å². The Kier molecular flexibility index (Phi) is 19.7. The lowest BCUT2D eigenvalue weighted by Crippen LogP contribution is -2.30. The number of alkyl halides is 3. The highest BCUT2D eigenvalue weighted by molar-refractivity contribution is 7.79. The molecule has 0 spiro atoms. The van der Waals surface area contributed by atoms with Crippen molar-refractivity contribution in [1.82, 2.24) is 20.5 Å². The second-order valence-corrected chi connectivity index (χ2v) is 9.85. The molecule has 1 aromatic heterocycles. The van der Waals surface area contributed by atoms with Gasteiger partial charge in [0.1, 0.15) is 0 Å². The maximum absolute atomic E-state index is 12.1. The van der Waals surface area contributed by atoms with E-state index < -0.39 is 12.6 Å². The molecule has 1 aromatic rings. The van der Waals surface area contributed by atoms with Gasteiger partial charge in [0.2, 0.25) is 0 Å². The van der Waals surface area contributed by atoms with Gasteiger partial charge >= 0.3 is 6.18 Å². The summed E-state index contributed by atoms with van der Waals surface area (Å²) in [5.41, 5.74) is 3.27. The van der Waals surface area contributed by atoms with Gasteiger partial charge in [0, 0.05) is 56.0 Å². The third kappa shape index (κ3) is 15.5. The molecule has 4 nitrogen and oxygen atoms in total. The van der Waals surface area contributed by atoms with Gasteiger partial charge in [0.25, 0.3) is 0 Å². The summed E-state index contributed by atoms with van der Waals surface area (Å²) < 4.78 is 36.3. The highest BCUT2D eigenvalue weighted by Crippen LogP contribution is 2.28. The zero-order chi connectivity index (χ0) is 28.3. The number of nitrogens with zero attached hydrogens (tertiary/aromatic N) is 2. The van der Waals surface area contributed by atoms with Gasteiger partial charge in [0.15, 0.2) is 0 Å². The monoisotopic (exact) mass is 562 g/mol. The van der Waals surface area contributed by atoms with Crippen LogP contribution in [-0.4, -0.2) is 48.5 Å². The highest BCUT2D eigenvalue weighted by atomic mass is 32.1. The molecule has 9 heteroatoms. The van der Waals surface area contributed by atoms with Crippen molar-refractivity contribution in [2.24, 2.45) is 0 Å². The van der Waals surface area contributed by atoms with Crippen LogP contribution in [0, 0.1) is 0 Å². The van der Waals surface area contributed by atoms with Crippen molar-refractivity contribution >= 4 is 24.0 Å². The first kappa shape index (κ1) is 35.5. The quantitative estimate of drug-likeness (QED) is 0.213. The van der Waals surface area contributed by atoms with Crippen LogP contribution in [0.4, 0.5) is 13.2 Å². The summed E-state index contributed by atoms with van der Waals surface area (Å²) in [5, 5.41) is 7.19. The number of fused-ring (bicyclic) bond motifs is 1. The van der Waals surface area contributed by atoms with Crippen LogP contribution in [0.5, 0.6) is 0 Å². The second-order valence-electron chi connectivity index (χ2n) is 8.68. The molecule has 0 radical (unpaired) electrons. The Bertz CT molecular complexity index is 785. The van der Waals surface area contributed by atoms with Gasteiger partial charge < -0.3 is 10.6 Å². The van der Waals surface area contributed by atoms with E-state index in [0.29, 0.717) is 11.0 Å². The Labute approximate surface area is 233 Å². The third-order valence-corrected chi connectivity index (χ3v) is 7.16. The van der Waals surface area contributed by atoms with Crippen LogP contribution >= 0.6 is 24.0 Å². The maximum Gasteiger partial charge on any atom is 0.389 e. The van der Waals surface area contributed by atoms with Crippen LogP contribution in [0.2, 0.25) is 0 Å². The topological polar surface area (TPSA) is 40.2 Å². The standard InChI is InChI=1S/C14H24N2.C11H15F3N2S.C2H6.CH4S/c1-4-13(11-15-3)10-12(2)16-14-8-6-5-7-9-14;1-2-16-6-4-9-8(7-16)15-10(17-9)3-5-11(12,13)14;2*1-2/h4,11,14-16H,1-2,5-10H2,3H3;2-7H2,1H3;1-2H3;2H,1H3/b13-11+;;;. The highest BCUT2D eigenvalue weighted by Gasteiger charge is 2.28. The van der Waals surface area contributed by atoms with Crippen LogP contribution in [0.1, 0.15) is 81.3 Å². The first-order valence-electron chi connectivity index (χ1n) is 13.4. The van der Waals surface area contributed by atoms with Crippen molar-refractivity contribution in [2.45, 2.75) is 97.3 Å². The smallest absolute Gasteiger partial charge is 0.389 e. The molecule has 1 saturated carbocycles. The van der Waals surface area contributed by atoms with E-state index >= 15 is 0 Å². The number of nitrogens with one attached hydrogen (secondary N) is 2. The van der Waals surface area contributed by atoms with Gasteiger partial charge in [-0.05, 0) is 43.8 Å². The van der Waals surface area contributed by atoms with Gasteiger partial charge in [0.05, 0.1) is 10.7 Å². The molecule has 37 heavy (non-hydrogen) atoms. The predicted octanol–water partition coefficient (Wildman–Crippen LogP) is 7.69. The first-order valence-corrected chi connectivity index (χ1v) is 15.1. The molecule has 3 rings (SSSR count). The van der Waals surface area contributed by atoms with Crippen molar-refractivity contribution < 1.29 is 13.2 Å². The molecule has 2 heterocycles. The number of likely N-dealkylation sites (N-methyl/N-ethyl adjacent to an activating group) is 1. The SMILES string of the molecule is C=C/C(=C\NC)CC(=C)NC1CCCCC1.CC.CCN1CCc2sc(CCC(F)(F)F)nc2C1.CS. The average molecular weight is 563 g/mol. The number of thiol groups is 1. The average Bonchev–Trinajstić information content (AvgIpc) is 3.32. The molecule has 2 aliphatic rings. The zero-order valence-electron chi connectivity index (χ0n) is 23.5. The van der Waals surface area contributed by atoms with Crippen LogP contribution < -0.4 is 10.6 Å². The maximum atomic E-state index is 12.1. The summed E-state index contributed by atoms with van der Waals surface area (Å²) in [6, 6.07) is 0.641. The fourth-order valence-electron chi connectivity index (χ4n) is 4.13. The van der Waals surface area contributed by atoms with Crippen LogP contribution in [0.25, 0.3) is 0 Å². The van der Waals surface area contributed by atoms with Gasteiger partial charge in [-0.2, -0.15) is 25.8 Å². The fraction of sp³-hybridized carbons (Fsp3) is 0.679. The number of hydrogen-bond donors (Lipinski definition) is 3. The van der Waals surface area contributed by atoms with Gasteiger partial charge in [-0.1, -0.05) is 59.3 Å².